The highest BCUT2D eigenvalue weighted by atomic mass is 16.5. The Morgan fingerprint density at radius 2 is 1.58 bits per heavy atom. The van der Waals surface area contributed by atoms with Crippen molar-refractivity contribution in [3.05, 3.63) is 36.2 Å². The van der Waals surface area contributed by atoms with Crippen LogP contribution in [0.2, 0.25) is 0 Å². The molecule has 2 aromatic heterocycles. The van der Waals surface area contributed by atoms with Gasteiger partial charge < -0.3 is 28.5 Å². The van der Waals surface area contributed by atoms with Crippen LogP contribution in [0.3, 0.4) is 0 Å². The van der Waals surface area contributed by atoms with Gasteiger partial charge in [0.25, 0.3) is 6.47 Å². The third kappa shape index (κ3) is 13.0. The largest absolute Gasteiger partial charge is 0.462 e. The van der Waals surface area contributed by atoms with E-state index < -0.39 is 24.4 Å². The van der Waals surface area contributed by atoms with Crippen LogP contribution in [-0.2, 0) is 20.7 Å². The standard InChI is InChI=1S/C29H48N2O7/c1-3-4-5-6-7-8-9-10-11-12-13-14-15-16-35-27(18-26(33)29(34)23(2)38-22-32)25-20-36-28(31-25)17-24-19-30-21-37-24/h19-23,26-27,29,33-34H,3-18H2,1-2H3. The number of rotatable bonds is 24. The van der Waals surface area contributed by atoms with Crippen LogP contribution in [0.5, 0.6) is 0 Å². The summed E-state index contributed by atoms with van der Waals surface area (Å²) in [5, 5.41) is 20.9. The van der Waals surface area contributed by atoms with Gasteiger partial charge in [-0.15, -0.1) is 0 Å². The van der Waals surface area contributed by atoms with Gasteiger partial charge in [-0.3, -0.25) is 4.79 Å². The average molecular weight is 537 g/mol. The second-order valence-corrected chi connectivity index (χ2v) is 10.1. The van der Waals surface area contributed by atoms with Crippen molar-refractivity contribution in [3.63, 3.8) is 0 Å². The number of nitrogens with zero attached hydrogens (tertiary/aromatic N) is 2. The molecule has 38 heavy (non-hydrogen) atoms. The van der Waals surface area contributed by atoms with E-state index in [0.717, 1.165) is 12.8 Å². The minimum atomic E-state index is -1.25. The number of aliphatic hydroxyl groups is 2. The molecule has 0 bridgehead atoms. The molecule has 0 saturated heterocycles. The van der Waals surface area contributed by atoms with Crippen LogP contribution in [0, 0.1) is 0 Å². The van der Waals surface area contributed by atoms with E-state index in [1.54, 1.807) is 6.20 Å². The summed E-state index contributed by atoms with van der Waals surface area (Å²) in [6, 6.07) is 0. The van der Waals surface area contributed by atoms with Crippen LogP contribution in [0.25, 0.3) is 0 Å². The van der Waals surface area contributed by atoms with Gasteiger partial charge in [0, 0.05) is 13.0 Å². The molecule has 9 nitrogen and oxygen atoms in total. The lowest BCUT2D eigenvalue weighted by molar-refractivity contribution is -0.144. The number of unbranched alkanes of at least 4 members (excludes halogenated alkanes) is 12. The summed E-state index contributed by atoms with van der Waals surface area (Å²) in [5.41, 5.74) is 0.532. The second kappa shape index (κ2) is 19.8. The number of ether oxygens (including phenoxy) is 2. The van der Waals surface area contributed by atoms with E-state index in [2.05, 4.69) is 16.9 Å². The van der Waals surface area contributed by atoms with Gasteiger partial charge in [-0.1, -0.05) is 84.0 Å². The van der Waals surface area contributed by atoms with Crippen LogP contribution >= 0.6 is 0 Å². The maximum atomic E-state index is 10.6. The molecule has 0 amide bonds. The molecule has 0 aliphatic heterocycles. The Morgan fingerprint density at radius 3 is 2.16 bits per heavy atom. The zero-order chi connectivity index (χ0) is 27.4. The highest BCUT2D eigenvalue weighted by Crippen LogP contribution is 2.26. The van der Waals surface area contributed by atoms with Crippen molar-refractivity contribution in [2.45, 2.75) is 135 Å². The van der Waals surface area contributed by atoms with Gasteiger partial charge in [-0.05, 0) is 13.3 Å². The van der Waals surface area contributed by atoms with Gasteiger partial charge in [-0.2, -0.15) is 0 Å². The lowest BCUT2D eigenvalue weighted by Gasteiger charge is -2.25. The molecule has 2 heterocycles. The van der Waals surface area contributed by atoms with E-state index in [1.165, 1.54) is 90.2 Å². The predicted molar refractivity (Wildman–Crippen MR) is 143 cm³/mol. The Labute approximate surface area is 227 Å². The number of aliphatic hydroxyl groups excluding tert-OH is 2. The lowest BCUT2D eigenvalue weighted by Crippen LogP contribution is -2.38. The quantitative estimate of drug-likeness (QED) is 0.121. The van der Waals surface area contributed by atoms with Gasteiger partial charge >= 0.3 is 0 Å². The molecule has 0 aliphatic carbocycles. The molecule has 0 radical (unpaired) electrons. The highest BCUT2D eigenvalue weighted by Gasteiger charge is 2.29. The van der Waals surface area contributed by atoms with Crippen LogP contribution < -0.4 is 0 Å². The van der Waals surface area contributed by atoms with Crippen LogP contribution in [0.1, 0.15) is 127 Å². The van der Waals surface area contributed by atoms with Gasteiger partial charge in [-0.25, -0.2) is 9.97 Å². The first-order chi connectivity index (χ1) is 18.5. The molecule has 2 rings (SSSR count). The highest BCUT2D eigenvalue weighted by molar-refractivity contribution is 5.37. The number of oxazole rings is 2. The van der Waals surface area contributed by atoms with E-state index in [-0.39, 0.29) is 12.9 Å². The normalized spacial score (nSPS) is 14.7. The molecule has 0 spiro atoms. The Hall–Kier alpha value is -2.23. The Kier molecular flexibility index (Phi) is 16.7. The molecule has 2 aromatic rings. The fourth-order valence-electron chi connectivity index (χ4n) is 4.49. The summed E-state index contributed by atoms with van der Waals surface area (Å²) in [6.45, 7) is 4.55. The summed E-state index contributed by atoms with van der Waals surface area (Å²) in [4.78, 5) is 19.0. The topological polar surface area (TPSA) is 128 Å². The maximum absolute atomic E-state index is 10.6. The molecule has 4 atom stereocenters. The van der Waals surface area contributed by atoms with E-state index in [9.17, 15) is 15.0 Å². The van der Waals surface area contributed by atoms with E-state index in [1.807, 2.05) is 0 Å². The van der Waals surface area contributed by atoms with Crippen molar-refractivity contribution in [2.75, 3.05) is 6.61 Å². The zero-order valence-electron chi connectivity index (χ0n) is 23.3. The van der Waals surface area contributed by atoms with Crippen molar-refractivity contribution in [3.8, 4) is 0 Å². The Bertz CT molecular complexity index is 827. The number of hydrogen-bond donors (Lipinski definition) is 2. The van der Waals surface area contributed by atoms with Gasteiger partial charge in [0.2, 0.25) is 5.89 Å². The molecule has 0 fully saturated rings. The SMILES string of the molecule is CCCCCCCCCCCCCCCOC(CC(O)C(O)C(C)OC=O)c1coc(Cc2cnco2)n1. The fraction of sp³-hybridized carbons (Fsp3) is 0.759. The van der Waals surface area contributed by atoms with Crippen molar-refractivity contribution in [1.29, 1.82) is 0 Å². The Balaban J connectivity index is 1.72. The van der Waals surface area contributed by atoms with Gasteiger partial charge in [0.05, 0.1) is 18.7 Å². The lowest BCUT2D eigenvalue weighted by atomic mass is 10.0. The molecule has 0 saturated carbocycles. The molecule has 0 aliphatic rings. The average Bonchev–Trinajstić information content (AvgIpc) is 3.60. The molecular formula is C29H48N2O7. The van der Waals surface area contributed by atoms with Crippen molar-refractivity contribution < 1.29 is 33.3 Å². The summed E-state index contributed by atoms with van der Waals surface area (Å²) >= 11 is 0. The van der Waals surface area contributed by atoms with Crippen LogP contribution in [-0.4, -0.2) is 51.6 Å². The minimum absolute atomic E-state index is 0.0838. The predicted octanol–water partition coefficient (Wildman–Crippen LogP) is 6.08. The van der Waals surface area contributed by atoms with Gasteiger partial charge in [0.15, 0.2) is 6.39 Å². The summed E-state index contributed by atoms with van der Waals surface area (Å²) in [6.07, 6.45) is 17.6. The molecular weight excluding hydrogens is 488 g/mol. The smallest absolute Gasteiger partial charge is 0.293 e. The first-order valence-corrected chi connectivity index (χ1v) is 14.4. The maximum Gasteiger partial charge on any atom is 0.293 e. The summed E-state index contributed by atoms with van der Waals surface area (Å²) < 4.78 is 21.7. The number of hydrogen-bond acceptors (Lipinski definition) is 9. The molecule has 2 N–H and O–H groups in total. The minimum Gasteiger partial charge on any atom is -0.462 e. The molecule has 216 valence electrons. The van der Waals surface area contributed by atoms with Crippen molar-refractivity contribution in [1.82, 2.24) is 9.97 Å². The first-order valence-electron chi connectivity index (χ1n) is 14.4. The third-order valence-electron chi connectivity index (χ3n) is 6.88. The Morgan fingerprint density at radius 1 is 0.947 bits per heavy atom. The number of carbonyl (C=O) groups is 1. The number of carbonyl (C=O) groups excluding carboxylic acids is 1. The summed E-state index contributed by atoms with van der Waals surface area (Å²) in [5.74, 6) is 1.07. The fourth-order valence-corrected chi connectivity index (χ4v) is 4.49. The monoisotopic (exact) mass is 536 g/mol. The van der Waals surface area contributed by atoms with Gasteiger partial charge in [0.1, 0.15) is 36.0 Å². The van der Waals surface area contributed by atoms with E-state index in [4.69, 9.17) is 18.3 Å². The third-order valence-corrected chi connectivity index (χ3v) is 6.88. The number of aromatic nitrogens is 2. The summed E-state index contributed by atoms with van der Waals surface area (Å²) in [7, 11) is 0. The zero-order valence-corrected chi connectivity index (χ0v) is 23.3. The van der Waals surface area contributed by atoms with Crippen molar-refractivity contribution in [2.24, 2.45) is 0 Å². The first kappa shape index (κ1) is 32.0. The van der Waals surface area contributed by atoms with Crippen LogP contribution in [0.4, 0.5) is 0 Å². The van der Waals surface area contributed by atoms with Crippen molar-refractivity contribution >= 4 is 6.47 Å². The molecule has 9 heteroatoms. The van der Waals surface area contributed by atoms with Crippen LogP contribution in [0.15, 0.2) is 27.7 Å². The van der Waals surface area contributed by atoms with E-state index >= 15 is 0 Å². The second-order valence-electron chi connectivity index (χ2n) is 10.1. The van der Waals surface area contributed by atoms with E-state index in [0.29, 0.717) is 30.4 Å². The molecule has 0 aromatic carbocycles. The molecule has 4 unspecified atom stereocenters.